The van der Waals surface area contributed by atoms with E-state index in [0.29, 0.717) is 25.3 Å². The summed E-state index contributed by atoms with van der Waals surface area (Å²) in [4.78, 5) is 14.0. The molecule has 1 aliphatic rings. The first-order chi connectivity index (χ1) is 9.26. The molecule has 0 unspecified atom stereocenters. The number of halogens is 3. The highest BCUT2D eigenvalue weighted by molar-refractivity contribution is 5.95. The predicted octanol–water partition coefficient (Wildman–Crippen LogP) is 1.19. The first kappa shape index (κ1) is 14.8. The Morgan fingerprint density at radius 2 is 2.25 bits per heavy atom. The molecule has 1 atom stereocenters. The van der Waals surface area contributed by atoms with Gasteiger partial charge in [0.2, 0.25) is 0 Å². The molecule has 1 saturated heterocycles. The van der Waals surface area contributed by atoms with Crippen LogP contribution in [0.3, 0.4) is 0 Å². The van der Waals surface area contributed by atoms with Crippen LogP contribution >= 0.6 is 0 Å². The molecule has 0 bridgehead atoms. The Morgan fingerprint density at radius 3 is 2.85 bits per heavy atom. The number of piperazine rings is 1. The maximum absolute atomic E-state index is 12.3. The van der Waals surface area contributed by atoms with Crippen molar-refractivity contribution < 1.29 is 18.0 Å². The van der Waals surface area contributed by atoms with Gasteiger partial charge in [-0.05, 0) is 13.8 Å². The van der Waals surface area contributed by atoms with Crippen LogP contribution in [0.25, 0.3) is 0 Å². The fourth-order valence-electron chi connectivity index (χ4n) is 2.28. The van der Waals surface area contributed by atoms with Crippen LogP contribution < -0.4 is 5.32 Å². The van der Waals surface area contributed by atoms with E-state index in [-0.39, 0.29) is 17.5 Å². The fourth-order valence-corrected chi connectivity index (χ4v) is 2.28. The van der Waals surface area contributed by atoms with Crippen molar-refractivity contribution in [2.45, 2.75) is 32.6 Å². The number of amides is 1. The maximum atomic E-state index is 12.3. The summed E-state index contributed by atoms with van der Waals surface area (Å²) in [5.74, 6) is -0.260. The zero-order valence-corrected chi connectivity index (χ0v) is 11.4. The number of rotatable bonds is 2. The number of hydrogen-bond donors (Lipinski definition) is 1. The number of alkyl halides is 3. The molecule has 112 valence electrons. The highest BCUT2D eigenvalue weighted by Gasteiger charge is 2.30. The number of hydrogen-bond acceptors (Lipinski definition) is 3. The summed E-state index contributed by atoms with van der Waals surface area (Å²) < 4.78 is 37.7. The summed E-state index contributed by atoms with van der Waals surface area (Å²) >= 11 is 0. The summed E-state index contributed by atoms with van der Waals surface area (Å²) in [5.41, 5.74) is 0.564. The molecule has 2 heterocycles. The lowest BCUT2D eigenvalue weighted by Crippen LogP contribution is -2.51. The second-order valence-corrected chi connectivity index (χ2v) is 5.05. The van der Waals surface area contributed by atoms with Gasteiger partial charge in [0.1, 0.15) is 6.54 Å². The van der Waals surface area contributed by atoms with Gasteiger partial charge in [0.05, 0.1) is 11.3 Å². The van der Waals surface area contributed by atoms with Crippen molar-refractivity contribution in [3.63, 3.8) is 0 Å². The molecule has 1 N–H and O–H groups in total. The van der Waals surface area contributed by atoms with Crippen molar-refractivity contribution in [2.75, 3.05) is 19.6 Å². The van der Waals surface area contributed by atoms with Gasteiger partial charge < -0.3 is 10.2 Å². The summed E-state index contributed by atoms with van der Waals surface area (Å²) in [6, 6.07) is 0.179. The van der Waals surface area contributed by atoms with Gasteiger partial charge >= 0.3 is 6.18 Å². The summed E-state index contributed by atoms with van der Waals surface area (Å²) in [7, 11) is 0. The normalized spacial score (nSPS) is 20.2. The molecule has 8 heteroatoms. The summed E-state index contributed by atoms with van der Waals surface area (Å²) in [6.07, 6.45) is -3.17. The molecule has 1 aliphatic heterocycles. The topological polar surface area (TPSA) is 50.2 Å². The van der Waals surface area contributed by atoms with Gasteiger partial charge in [0, 0.05) is 31.9 Å². The van der Waals surface area contributed by atoms with Crippen molar-refractivity contribution in [3.05, 3.63) is 17.5 Å². The second-order valence-electron chi connectivity index (χ2n) is 5.05. The first-order valence-corrected chi connectivity index (χ1v) is 6.40. The Bertz CT molecular complexity index is 497. The van der Waals surface area contributed by atoms with Crippen LogP contribution in [0, 0.1) is 6.92 Å². The van der Waals surface area contributed by atoms with Crippen LogP contribution in [0.4, 0.5) is 13.2 Å². The van der Waals surface area contributed by atoms with E-state index in [1.165, 1.54) is 6.20 Å². The van der Waals surface area contributed by atoms with Crippen molar-refractivity contribution in [3.8, 4) is 0 Å². The molecule has 2 rings (SSSR count). The molecule has 5 nitrogen and oxygen atoms in total. The number of nitrogens with one attached hydrogen (secondary N) is 1. The number of carbonyl (C=O) groups is 1. The molecule has 0 spiro atoms. The van der Waals surface area contributed by atoms with Gasteiger partial charge in [-0.3, -0.25) is 9.48 Å². The molecular formula is C12H17F3N4O. The average molecular weight is 290 g/mol. The lowest BCUT2D eigenvalue weighted by atomic mass is 10.2. The largest absolute Gasteiger partial charge is 0.408 e. The quantitative estimate of drug-likeness (QED) is 0.890. The van der Waals surface area contributed by atoms with E-state index in [4.69, 9.17) is 0 Å². The smallest absolute Gasteiger partial charge is 0.336 e. The minimum absolute atomic E-state index is 0.179. The van der Waals surface area contributed by atoms with Gasteiger partial charge in [-0.1, -0.05) is 0 Å². The standard InChI is InChI=1S/C12H17F3N4O/c1-8-5-18(4-3-16-8)11(20)10-6-19(17-9(10)2)7-12(13,14)15/h6,8,16H,3-5,7H2,1-2H3/t8-/m1/s1. The van der Waals surface area contributed by atoms with Gasteiger partial charge in [-0.15, -0.1) is 0 Å². The van der Waals surface area contributed by atoms with Crippen LogP contribution in [0.15, 0.2) is 6.20 Å². The van der Waals surface area contributed by atoms with Crippen LogP contribution in [0.5, 0.6) is 0 Å². The third-order valence-corrected chi connectivity index (χ3v) is 3.17. The Labute approximate surface area is 114 Å². The van der Waals surface area contributed by atoms with E-state index in [1.54, 1.807) is 11.8 Å². The SMILES string of the molecule is Cc1nn(CC(F)(F)F)cc1C(=O)N1CCN[C@H](C)C1. The maximum Gasteiger partial charge on any atom is 0.408 e. The molecule has 1 aromatic rings. The van der Waals surface area contributed by atoms with Crippen molar-refractivity contribution in [1.82, 2.24) is 20.0 Å². The third kappa shape index (κ3) is 3.50. The molecule has 0 radical (unpaired) electrons. The van der Waals surface area contributed by atoms with E-state index in [9.17, 15) is 18.0 Å². The van der Waals surface area contributed by atoms with Gasteiger partial charge in [0.25, 0.3) is 5.91 Å². The number of carbonyl (C=O) groups excluding carboxylic acids is 1. The highest BCUT2D eigenvalue weighted by atomic mass is 19.4. The molecule has 20 heavy (non-hydrogen) atoms. The zero-order chi connectivity index (χ0) is 14.9. The van der Waals surface area contributed by atoms with Crippen LogP contribution in [-0.2, 0) is 6.54 Å². The van der Waals surface area contributed by atoms with E-state index in [0.717, 1.165) is 4.68 Å². The molecule has 1 fully saturated rings. The molecule has 0 aliphatic carbocycles. The number of nitrogens with zero attached hydrogens (tertiary/aromatic N) is 3. The number of aryl methyl sites for hydroxylation is 1. The molecule has 0 aromatic carbocycles. The molecule has 0 saturated carbocycles. The first-order valence-electron chi connectivity index (χ1n) is 6.40. The highest BCUT2D eigenvalue weighted by Crippen LogP contribution is 2.19. The Hall–Kier alpha value is -1.57. The van der Waals surface area contributed by atoms with Gasteiger partial charge in [0.15, 0.2) is 0 Å². The van der Waals surface area contributed by atoms with Crippen LogP contribution in [0.2, 0.25) is 0 Å². The van der Waals surface area contributed by atoms with Crippen molar-refractivity contribution >= 4 is 5.91 Å². The summed E-state index contributed by atoms with van der Waals surface area (Å²) in [5, 5.41) is 6.97. The zero-order valence-electron chi connectivity index (χ0n) is 11.4. The Kier molecular flexibility index (Phi) is 4.03. The molecular weight excluding hydrogens is 273 g/mol. The lowest BCUT2D eigenvalue weighted by molar-refractivity contribution is -0.142. The van der Waals surface area contributed by atoms with E-state index >= 15 is 0 Å². The molecule has 1 aromatic heterocycles. The average Bonchev–Trinajstić information content (AvgIpc) is 2.66. The van der Waals surface area contributed by atoms with E-state index in [2.05, 4.69) is 10.4 Å². The van der Waals surface area contributed by atoms with E-state index < -0.39 is 12.7 Å². The van der Waals surface area contributed by atoms with Crippen molar-refractivity contribution in [1.29, 1.82) is 0 Å². The van der Waals surface area contributed by atoms with Gasteiger partial charge in [-0.2, -0.15) is 18.3 Å². The third-order valence-electron chi connectivity index (χ3n) is 3.17. The monoisotopic (exact) mass is 290 g/mol. The van der Waals surface area contributed by atoms with Gasteiger partial charge in [-0.25, -0.2) is 0 Å². The van der Waals surface area contributed by atoms with E-state index in [1.807, 2.05) is 6.92 Å². The lowest BCUT2D eigenvalue weighted by Gasteiger charge is -2.31. The van der Waals surface area contributed by atoms with Crippen LogP contribution in [-0.4, -0.2) is 52.4 Å². The number of aromatic nitrogens is 2. The second kappa shape index (κ2) is 5.43. The minimum atomic E-state index is -4.34. The Morgan fingerprint density at radius 1 is 1.55 bits per heavy atom. The fraction of sp³-hybridized carbons (Fsp3) is 0.667. The Balaban J connectivity index is 2.14. The predicted molar refractivity (Wildman–Crippen MR) is 66.4 cm³/mol. The summed E-state index contributed by atoms with van der Waals surface area (Å²) in [6.45, 7) is 4.10. The molecule has 1 amide bonds. The van der Waals surface area contributed by atoms with Crippen molar-refractivity contribution in [2.24, 2.45) is 0 Å². The van der Waals surface area contributed by atoms with Crippen LogP contribution in [0.1, 0.15) is 23.0 Å². The minimum Gasteiger partial charge on any atom is -0.336 e.